The van der Waals surface area contributed by atoms with E-state index in [4.69, 9.17) is 4.74 Å². The summed E-state index contributed by atoms with van der Waals surface area (Å²) in [5, 5.41) is 9.71. The second-order valence-electron chi connectivity index (χ2n) is 7.30. The van der Waals surface area contributed by atoms with Crippen LogP contribution in [0, 0.1) is 5.92 Å². The molecule has 3 N–H and O–H groups in total. The van der Waals surface area contributed by atoms with Gasteiger partial charge in [-0.2, -0.15) is 0 Å². The van der Waals surface area contributed by atoms with Gasteiger partial charge < -0.3 is 20.7 Å². The van der Waals surface area contributed by atoms with Crippen LogP contribution in [0.15, 0.2) is 4.99 Å². The Morgan fingerprint density at radius 1 is 1.11 bits per heavy atom. The van der Waals surface area contributed by atoms with Crippen LogP contribution in [-0.4, -0.2) is 75.3 Å². The Hall–Kier alpha value is -0.610. The summed E-state index contributed by atoms with van der Waals surface area (Å²) in [6, 6.07) is 0.695. The van der Waals surface area contributed by atoms with Crippen LogP contribution in [0.1, 0.15) is 53.4 Å². The molecule has 1 aliphatic heterocycles. The van der Waals surface area contributed by atoms with Gasteiger partial charge in [-0.05, 0) is 19.3 Å². The third-order valence-corrected chi connectivity index (χ3v) is 5.47. The molecule has 0 radical (unpaired) electrons. The Balaban J connectivity index is 0.00000729. The van der Waals surface area contributed by atoms with Gasteiger partial charge in [-0.3, -0.25) is 14.7 Å². The van der Waals surface area contributed by atoms with Crippen LogP contribution in [0.3, 0.4) is 0 Å². The van der Waals surface area contributed by atoms with Crippen LogP contribution in [0.4, 0.5) is 0 Å². The smallest absolute Gasteiger partial charge is 0.221 e. The normalized spacial score (nSPS) is 17.6. The highest BCUT2D eigenvalue weighted by atomic mass is 127. The molecule has 2 atom stereocenters. The molecule has 0 aromatic rings. The molecule has 7 nitrogen and oxygen atoms in total. The molecule has 0 aromatic heterocycles. The Morgan fingerprint density at radius 3 is 2.29 bits per heavy atom. The first-order valence-corrected chi connectivity index (χ1v) is 10.6. The highest BCUT2D eigenvalue weighted by Gasteiger charge is 2.27. The van der Waals surface area contributed by atoms with Crippen LogP contribution >= 0.6 is 24.0 Å². The van der Waals surface area contributed by atoms with Crippen molar-refractivity contribution in [2.45, 2.75) is 65.5 Å². The van der Waals surface area contributed by atoms with E-state index in [1.165, 1.54) is 12.8 Å². The Labute approximate surface area is 188 Å². The SMILES string of the molecule is CCC(C)NC(=O)CCNC(=NC)NCC(C(CC)CC)N1CCOCC1.I. The fourth-order valence-corrected chi connectivity index (χ4v) is 3.50. The zero-order valence-corrected chi connectivity index (χ0v) is 20.8. The average Bonchev–Trinajstić information content (AvgIpc) is 2.70. The lowest BCUT2D eigenvalue weighted by molar-refractivity contribution is -0.121. The third-order valence-electron chi connectivity index (χ3n) is 5.47. The zero-order valence-electron chi connectivity index (χ0n) is 18.4. The van der Waals surface area contributed by atoms with Gasteiger partial charge in [0.05, 0.1) is 13.2 Å². The maximum Gasteiger partial charge on any atom is 0.221 e. The molecule has 1 amide bonds. The summed E-state index contributed by atoms with van der Waals surface area (Å²) in [5.41, 5.74) is 0. The van der Waals surface area contributed by atoms with Crippen LogP contribution in [-0.2, 0) is 9.53 Å². The molecule has 0 aromatic carbocycles. The molecule has 28 heavy (non-hydrogen) atoms. The minimum Gasteiger partial charge on any atom is -0.379 e. The first kappa shape index (κ1) is 27.4. The zero-order chi connectivity index (χ0) is 20.1. The van der Waals surface area contributed by atoms with Crippen molar-refractivity contribution in [2.24, 2.45) is 10.9 Å². The van der Waals surface area contributed by atoms with Crippen LogP contribution in [0.5, 0.6) is 0 Å². The summed E-state index contributed by atoms with van der Waals surface area (Å²) in [6.07, 6.45) is 3.73. The number of rotatable bonds is 11. The van der Waals surface area contributed by atoms with E-state index in [0.29, 0.717) is 24.9 Å². The number of nitrogens with one attached hydrogen (secondary N) is 3. The maximum atomic E-state index is 11.9. The Kier molecular flexibility index (Phi) is 15.9. The number of hydrogen-bond acceptors (Lipinski definition) is 4. The number of ether oxygens (including phenoxy) is 1. The van der Waals surface area contributed by atoms with E-state index in [9.17, 15) is 4.79 Å². The molecule has 0 saturated carbocycles. The second-order valence-corrected chi connectivity index (χ2v) is 7.30. The summed E-state index contributed by atoms with van der Waals surface area (Å²) >= 11 is 0. The molecule has 166 valence electrons. The highest BCUT2D eigenvalue weighted by molar-refractivity contribution is 14.0. The number of carbonyl (C=O) groups is 1. The van der Waals surface area contributed by atoms with Crippen molar-refractivity contribution in [2.75, 3.05) is 46.4 Å². The molecule has 8 heteroatoms. The van der Waals surface area contributed by atoms with Crippen molar-refractivity contribution in [3.8, 4) is 0 Å². The first-order chi connectivity index (χ1) is 13.0. The molecule has 0 bridgehead atoms. The van der Waals surface area contributed by atoms with Crippen molar-refractivity contribution in [3.05, 3.63) is 0 Å². The van der Waals surface area contributed by atoms with Gasteiger partial charge in [0, 0.05) is 51.7 Å². The summed E-state index contributed by atoms with van der Waals surface area (Å²) < 4.78 is 5.52. The summed E-state index contributed by atoms with van der Waals surface area (Å²) in [6.45, 7) is 13.7. The molecular formula is C20H42IN5O2. The minimum atomic E-state index is 0. The van der Waals surface area contributed by atoms with E-state index >= 15 is 0 Å². The molecule has 1 aliphatic rings. The standard InChI is InChI=1S/C20H41N5O2.HI/c1-6-16(4)24-19(26)9-10-22-20(21-5)23-15-18(17(7-2)8-3)25-11-13-27-14-12-25;/h16-18H,6-15H2,1-5H3,(H,24,26)(H2,21,22,23);1H. The number of aliphatic imine (C=N–C) groups is 1. The first-order valence-electron chi connectivity index (χ1n) is 10.6. The van der Waals surface area contributed by atoms with Gasteiger partial charge in [-0.25, -0.2) is 0 Å². The number of amides is 1. The van der Waals surface area contributed by atoms with Crippen molar-refractivity contribution in [1.82, 2.24) is 20.9 Å². The van der Waals surface area contributed by atoms with Crippen LogP contribution in [0.25, 0.3) is 0 Å². The number of carbonyl (C=O) groups excluding carboxylic acids is 1. The molecular weight excluding hydrogens is 469 g/mol. The largest absolute Gasteiger partial charge is 0.379 e. The predicted octanol–water partition coefficient (Wildman–Crippen LogP) is 2.21. The van der Waals surface area contributed by atoms with E-state index in [1.807, 2.05) is 6.92 Å². The number of nitrogens with zero attached hydrogens (tertiary/aromatic N) is 2. The summed E-state index contributed by atoms with van der Waals surface area (Å²) in [7, 11) is 1.77. The predicted molar refractivity (Wildman–Crippen MR) is 128 cm³/mol. The van der Waals surface area contributed by atoms with Crippen LogP contribution in [0.2, 0.25) is 0 Å². The Bertz CT molecular complexity index is 440. The third kappa shape index (κ3) is 10.2. The van der Waals surface area contributed by atoms with E-state index in [0.717, 1.165) is 45.2 Å². The van der Waals surface area contributed by atoms with Gasteiger partial charge in [-0.1, -0.05) is 33.6 Å². The number of guanidine groups is 1. The van der Waals surface area contributed by atoms with Crippen molar-refractivity contribution < 1.29 is 9.53 Å². The highest BCUT2D eigenvalue weighted by Crippen LogP contribution is 2.19. The lowest BCUT2D eigenvalue weighted by Gasteiger charge is -2.39. The summed E-state index contributed by atoms with van der Waals surface area (Å²) in [4.78, 5) is 18.7. The second kappa shape index (κ2) is 16.2. The fraction of sp³-hybridized carbons (Fsp3) is 0.900. The number of morpholine rings is 1. The fourth-order valence-electron chi connectivity index (χ4n) is 3.50. The van der Waals surface area contributed by atoms with E-state index in [-0.39, 0.29) is 35.9 Å². The lowest BCUT2D eigenvalue weighted by atomic mass is 9.92. The van der Waals surface area contributed by atoms with Gasteiger partial charge in [0.15, 0.2) is 5.96 Å². The maximum absolute atomic E-state index is 11.9. The molecule has 0 aliphatic carbocycles. The van der Waals surface area contributed by atoms with Gasteiger partial charge in [0.1, 0.15) is 0 Å². The molecule has 1 fully saturated rings. The van der Waals surface area contributed by atoms with Crippen molar-refractivity contribution in [3.63, 3.8) is 0 Å². The molecule has 1 heterocycles. The number of hydrogen-bond donors (Lipinski definition) is 3. The average molecular weight is 511 g/mol. The van der Waals surface area contributed by atoms with Gasteiger partial charge in [-0.15, -0.1) is 24.0 Å². The summed E-state index contributed by atoms with van der Waals surface area (Å²) in [5.74, 6) is 1.49. The van der Waals surface area contributed by atoms with Crippen LogP contribution < -0.4 is 16.0 Å². The van der Waals surface area contributed by atoms with E-state index in [2.05, 4.69) is 46.6 Å². The Morgan fingerprint density at radius 2 is 1.75 bits per heavy atom. The molecule has 2 unspecified atom stereocenters. The monoisotopic (exact) mass is 511 g/mol. The topological polar surface area (TPSA) is 78.0 Å². The minimum absolute atomic E-state index is 0. The van der Waals surface area contributed by atoms with Gasteiger partial charge in [0.2, 0.25) is 5.91 Å². The molecule has 1 saturated heterocycles. The van der Waals surface area contributed by atoms with Crippen molar-refractivity contribution >= 4 is 35.8 Å². The van der Waals surface area contributed by atoms with E-state index in [1.54, 1.807) is 7.05 Å². The molecule has 0 spiro atoms. The van der Waals surface area contributed by atoms with Gasteiger partial charge in [0.25, 0.3) is 0 Å². The van der Waals surface area contributed by atoms with E-state index < -0.39 is 0 Å². The lowest BCUT2D eigenvalue weighted by Crippen LogP contribution is -2.53. The van der Waals surface area contributed by atoms with Gasteiger partial charge >= 0.3 is 0 Å². The molecule has 1 rings (SSSR count). The number of halogens is 1. The quantitative estimate of drug-likeness (QED) is 0.225. The van der Waals surface area contributed by atoms with Crippen molar-refractivity contribution in [1.29, 1.82) is 0 Å².